The van der Waals surface area contributed by atoms with Gasteiger partial charge in [0.1, 0.15) is 5.60 Å². The number of benzene rings is 1. The van der Waals surface area contributed by atoms with Crippen LogP contribution in [0.15, 0.2) is 24.3 Å². The predicted molar refractivity (Wildman–Crippen MR) is 68.7 cm³/mol. The first kappa shape index (κ1) is 14.1. The highest BCUT2D eigenvalue weighted by atomic mass is 19.3. The lowest BCUT2D eigenvalue weighted by molar-refractivity contribution is -0.175. The topological polar surface area (TPSA) is 26.3 Å². The standard InChI is InChI=1S/C15H18F2O2/c1-3-4-9-19-14(2)10-11-7-5-6-8-12(11)13(18)15(14,16)17/h5-8H,3-4,9-10H2,1-2H3. The zero-order valence-corrected chi connectivity index (χ0v) is 11.2. The fraction of sp³-hybridized carbons (Fsp3) is 0.533. The van der Waals surface area contributed by atoms with E-state index in [1.807, 2.05) is 6.92 Å². The van der Waals surface area contributed by atoms with Gasteiger partial charge in [-0.1, -0.05) is 37.6 Å². The van der Waals surface area contributed by atoms with Crippen LogP contribution >= 0.6 is 0 Å². The van der Waals surface area contributed by atoms with Crippen molar-refractivity contribution in [3.8, 4) is 0 Å². The number of ether oxygens (including phenoxy) is 1. The van der Waals surface area contributed by atoms with Crippen molar-refractivity contribution < 1.29 is 18.3 Å². The van der Waals surface area contributed by atoms with Crippen molar-refractivity contribution in [1.82, 2.24) is 0 Å². The summed E-state index contributed by atoms with van der Waals surface area (Å²) in [5, 5.41) is 0. The number of halogens is 2. The summed E-state index contributed by atoms with van der Waals surface area (Å²) in [5.41, 5.74) is -0.991. The Labute approximate surface area is 111 Å². The van der Waals surface area contributed by atoms with Crippen molar-refractivity contribution in [2.24, 2.45) is 0 Å². The molecule has 19 heavy (non-hydrogen) atoms. The molecule has 1 aliphatic rings. The van der Waals surface area contributed by atoms with Gasteiger partial charge in [-0.25, -0.2) is 0 Å². The lowest BCUT2D eigenvalue weighted by Gasteiger charge is -2.40. The summed E-state index contributed by atoms with van der Waals surface area (Å²) in [6.07, 6.45) is 1.64. The van der Waals surface area contributed by atoms with Gasteiger partial charge >= 0.3 is 5.92 Å². The van der Waals surface area contributed by atoms with Gasteiger partial charge < -0.3 is 4.74 Å². The number of carbonyl (C=O) groups excluding carboxylic acids is 1. The number of unbranched alkanes of at least 4 members (excludes halogenated alkanes) is 1. The summed E-state index contributed by atoms with van der Waals surface area (Å²) >= 11 is 0. The fourth-order valence-corrected chi connectivity index (χ4v) is 2.36. The van der Waals surface area contributed by atoms with Crippen LogP contribution in [-0.4, -0.2) is 23.9 Å². The van der Waals surface area contributed by atoms with E-state index < -0.39 is 17.3 Å². The molecule has 2 rings (SSSR count). The van der Waals surface area contributed by atoms with E-state index in [1.54, 1.807) is 18.2 Å². The number of alkyl halides is 2. The van der Waals surface area contributed by atoms with E-state index in [2.05, 4.69) is 0 Å². The van der Waals surface area contributed by atoms with Crippen LogP contribution in [0, 0.1) is 0 Å². The van der Waals surface area contributed by atoms with Crippen LogP contribution in [-0.2, 0) is 11.2 Å². The van der Waals surface area contributed by atoms with Crippen LogP contribution in [0.3, 0.4) is 0 Å². The molecular formula is C15H18F2O2. The number of hydrogen-bond acceptors (Lipinski definition) is 2. The van der Waals surface area contributed by atoms with Crippen molar-refractivity contribution in [3.63, 3.8) is 0 Å². The summed E-state index contributed by atoms with van der Waals surface area (Å²) in [7, 11) is 0. The number of carbonyl (C=O) groups is 1. The van der Waals surface area contributed by atoms with Crippen molar-refractivity contribution in [2.45, 2.75) is 44.6 Å². The predicted octanol–water partition coefficient (Wildman–Crippen LogP) is 3.64. The summed E-state index contributed by atoms with van der Waals surface area (Å²) in [6, 6.07) is 6.52. The maximum Gasteiger partial charge on any atom is 0.337 e. The van der Waals surface area contributed by atoms with Gasteiger partial charge in [-0.05, 0) is 18.9 Å². The smallest absolute Gasteiger partial charge is 0.337 e. The van der Waals surface area contributed by atoms with Crippen LogP contribution in [0.5, 0.6) is 0 Å². The molecule has 1 aromatic rings. The van der Waals surface area contributed by atoms with Gasteiger partial charge in [-0.3, -0.25) is 4.79 Å². The van der Waals surface area contributed by atoms with E-state index in [0.29, 0.717) is 12.0 Å². The largest absolute Gasteiger partial charge is 0.368 e. The third-order valence-corrected chi connectivity index (χ3v) is 3.66. The first-order valence-electron chi connectivity index (χ1n) is 6.57. The normalized spacial score (nSPS) is 25.2. The van der Waals surface area contributed by atoms with E-state index in [9.17, 15) is 13.6 Å². The summed E-state index contributed by atoms with van der Waals surface area (Å²) in [6.45, 7) is 3.54. The Morgan fingerprint density at radius 2 is 2.00 bits per heavy atom. The Hall–Kier alpha value is -1.29. The van der Waals surface area contributed by atoms with E-state index in [-0.39, 0.29) is 18.6 Å². The molecule has 0 N–H and O–H groups in total. The molecule has 0 bridgehead atoms. The van der Waals surface area contributed by atoms with Crippen molar-refractivity contribution >= 4 is 5.78 Å². The van der Waals surface area contributed by atoms with Crippen LogP contribution in [0.4, 0.5) is 8.78 Å². The van der Waals surface area contributed by atoms with Gasteiger partial charge in [0.2, 0.25) is 5.78 Å². The Balaban J connectivity index is 2.34. The molecule has 1 aliphatic carbocycles. The zero-order chi connectivity index (χ0) is 14.1. The summed E-state index contributed by atoms with van der Waals surface area (Å²) in [5.74, 6) is -4.61. The highest BCUT2D eigenvalue weighted by molar-refractivity contribution is 6.04. The number of hydrogen-bond donors (Lipinski definition) is 0. The molecule has 1 aromatic carbocycles. The van der Waals surface area contributed by atoms with E-state index in [0.717, 1.165) is 6.42 Å². The van der Waals surface area contributed by atoms with E-state index in [1.165, 1.54) is 13.0 Å². The highest BCUT2D eigenvalue weighted by Crippen LogP contribution is 2.42. The van der Waals surface area contributed by atoms with E-state index >= 15 is 0 Å². The van der Waals surface area contributed by atoms with Crippen molar-refractivity contribution in [3.05, 3.63) is 35.4 Å². The third kappa shape index (κ3) is 2.29. The molecule has 0 aromatic heterocycles. The van der Waals surface area contributed by atoms with Gasteiger partial charge in [0, 0.05) is 18.6 Å². The molecule has 2 nitrogen and oxygen atoms in total. The van der Waals surface area contributed by atoms with Crippen LogP contribution < -0.4 is 0 Å². The van der Waals surface area contributed by atoms with Crippen LogP contribution in [0.2, 0.25) is 0 Å². The molecule has 0 saturated carbocycles. The number of rotatable bonds is 4. The second kappa shape index (κ2) is 5.00. The molecule has 0 aliphatic heterocycles. The van der Waals surface area contributed by atoms with Crippen LogP contribution in [0.25, 0.3) is 0 Å². The van der Waals surface area contributed by atoms with Gasteiger partial charge in [-0.15, -0.1) is 0 Å². The molecule has 0 spiro atoms. The second-order valence-electron chi connectivity index (χ2n) is 5.17. The minimum Gasteiger partial charge on any atom is -0.368 e. The van der Waals surface area contributed by atoms with Crippen molar-refractivity contribution in [2.75, 3.05) is 6.61 Å². The highest BCUT2D eigenvalue weighted by Gasteiger charge is 2.60. The number of ketones is 1. The Morgan fingerprint density at radius 3 is 2.68 bits per heavy atom. The molecule has 0 fully saturated rings. The molecule has 1 unspecified atom stereocenters. The quantitative estimate of drug-likeness (QED) is 0.779. The fourth-order valence-electron chi connectivity index (χ4n) is 2.36. The number of fused-ring (bicyclic) bond motifs is 1. The zero-order valence-electron chi connectivity index (χ0n) is 11.2. The molecule has 0 heterocycles. The second-order valence-corrected chi connectivity index (χ2v) is 5.17. The third-order valence-electron chi connectivity index (χ3n) is 3.66. The molecule has 0 amide bonds. The average molecular weight is 268 g/mol. The molecule has 0 saturated heterocycles. The molecule has 4 heteroatoms. The summed E-state index contributed by atoms with van der Waals surface area (Å²) in [4.78, 5) is 12.0. The van der Waals surface area contributed by atoms with Gasteiger partial charge in [0.05, 0.1) is 0 Å². The Morgan fingerprint density at radius 1 is 1.32 bits per heavy atom. The van der Waals surface area contributed by atoms with E-state index in [4.69, 9.17) is 4.74 Å². The van der Waals surface area contributed by atoms with Gasteiger partial charge in [0.25, 0.3) is 0 Å². The minimum atomic E-state index is -3.48. The van der Waals surface area contributed by atoms with Crippen LogP contribution in [0.1, 0.15) is 42.6 Å². The summed E-state index contributed by atoms with van der Waals surface area (Å²) < 4.78 is 33.9. The maximum absolute atomic E-state index is 14.3. The molecule has 0 radical (unpaired) electrons. The van der Waals surface area contributed by atoms with Crippen molar-refractivity contribution in [1.29, 1.82) is 0 Å². The SMILES string of the molecule is CCCCOC1(C)Cc2ccccc2C(=O)C1(F)F. The molecule has 1 atom stereocenters. The maximum atomic E-state index is 14.3. The molecular weight excluding hydrogens is 250 g/mol. The lowest BCUT2D eigenvalue weighted by atomic mass is 9.77. The monoisotopic (exact) mass is 268 g/mol. The first-order valence-corrected chi connectivity index (χ1v) is 6.57. The average Bonchev–Trinajstić information content (AvgIpc) is 2.37. The molecule has 104 valence electrons. The number of Topliss-reactive ketones (excluding diaryl/α,β-unsaturated/α-hetero) is 1. The Kier molecular flexibility index (Phi) is 3.72. The van der Waals surface area contributed by atoms with Gasteiger partial charge in [0.15, 0.2) is 0 Å². The lowest BCUT2D eigenvalue weighted by Crippen LogP contribution is -2.57. The van der Waals surface area contributed by atoms with Gasteiger partial charge in [-0.2, -0.15) is 8.78 Å². The first-order chi connectivity index (χ1) is 8.92. The Bertz CT molecular complexity index is 485. The minimum absolute atomic E-state index is 0.0611.